The maximum atomic E-state index is 11.4. The highest BCUT2D eigenvalue weighted by Gasteiger charge is 2.08. The summed E-state index contributed by atoms with van der Waals surface area (Å²) in [6.45, 7) is 2.73. The lowest BCUT2D eigenvalue weighted by Crippen LogP contribution is -2.30. The molecule has 1 amide bonds. The van der Waals surface area contributed by atoms with Crippen molar-refractivity contribution in [3.8, 4) is 17.1 Å². The monoisotopic (exact) mass is 272 g/mol. The molecule has 0 saturated carbocycles. The molecule has 3 N–H and O–H groups in total. The normalized spacial score (nSPS) is 10.1. The van der Waals surface area contributed by atoms with E-state index in [9.17, 15) is 4.79 Å². The molecule has 20 heavy (non-hydrogen) atoms. The molecule has 0 radical (unpaired) electrons. The van der Waals surface area contributed by atoms with E-state index in [0.717, 1.165) is 17.7 Å². The van der Waals surface area contributed by atoms with Crippen LogP contribution in [0.1, 0.15) is 23.8 Å². The zero-order valence-corrected chi connectivity index (χ0v) is 11.2. The van der Waals surface area contributed by atoms with Crippen LogP contribution in [0.15, 0.2) is 36.5 Å². The minimum atomic E-state index is -0.448. The number of nitrogens with zero attached hydrogens (tertiary/aromatic N) is 2. The molecule has 2 rings (SSSR count). The van der Waals surface area contributed by atoms with Gasteiger partial charge in [-0.3, -0.25) is 10.2 Å². The Kier molecular flexibility index (Phi) is 4.62. The van der Waals surface area contributed by atoms with E-state index in [1.807, 2.05) is 29.7 Å². The number of hydrogen-bond acceptors (Lipinski definition) is 5. The Labute approximate surface area is 117 Å². The third kappa shape index (κ3) is 3.30. The Morgan fingerprint density at radius 3 is 2.70 bits per heavy atom. The summed E-state index contributed by atoms with van der Waals surface area (Å²) >= 11 is 0. The Hall–Kier alpha value is -2.47. The highest BCUT2D eigenvalue weighted by molar-refractivity contribution is 5.92. The first-order valence-electron chi connectivity index (χ1n) is 6.32. The fourth-order valence-electron chi connectivity index (χ4n) is 1.62. The number of carbonyl (C=O) groups is 1. The van der Waals surface area contributed by atoms with E-state index in [-0.39, 0.29) is 5.69 Å². The van der Waals surface area contributed by atoms with Crippen molar-refractivity contribution in [1.82, 2.24) is 15.4 Å². The van der Waals surface area contributed by atoms with Crippen LogP contribution in [0.5, 0.6) is 5.75 Å². The maximum absolute atomic E-state index is 11.4. The number of hydrazine groups is 1. The molecule has 2 aromatic rings. The van der Waals surface area contributed by atoms with E-state index >= 15 is 0 Å². The van der Waals surface area contributed by atoms with Gasteiger partial charge in [0.1, 0.15) is 11.4 Å². The lowest BCUT2D eigenvalue weighted by atomic mass is 10.2. The topological polar surface area (TPSA) is 90.1 Å². The Bertz CT molecular complexity index is 584. The van der Waals surface area contributed by atoms with Gasteiger partial charge in [0.2, 0.25) is 0 Å². The van der Waals surface area contributed by atoms with Crippen LogP contribution in [-0.2, 0) is 0 Å². The van der Waals surface area contributed by atoms with Crippen LogP contribution in [0.4, 0.5) is 0 Å². The second kappa shape index (κ2) is 6.63. The van der Waals surface area contributed by atoms with Crippen molar-refractivity contribution in [2.75, 3.05) is 6.61 Å². The summed E-state index contributed by atoms with van der Waals surface area (Å²) in [5.41, 5.74) is 3.07. The molecular weight excluding hydrogens is 256 g/mol. The smallest absolute Gasteiger partial charge is 0.283 e. The molecule has 0 fully saturated rings. The van der Waals surface area contributed by atoms with Crippen LogP contribution in [0.3, 0.4) is 0 Å². The fraction of sp³-hybridized carbons (Fsp3) is 0.214. The van der Waals surface area contributed by atoms with Crippen molar-refractivity contribution in [3.63, 3.8) is 0 Å². The number of hydrogen-bond donors (Lipinski definition) is 2. The first-order chi connectivity index (χ1) is 9.74. The van der Waals surface area contributed by atoms with Gasteiger partial charge in [0, 0.05) is 11.8 Å². The van der Waals surface area contributed by atoms with Crippen LogP contribution in [0.25, 0.3) is 11.4 Å². The standard InChI is InChI=1S/C14H16N4O2/c1-2-9-20-11-5-3-10(4-6-11)13-16-8-7-12(17-13)14(19)18-15/h3-8H,2,9,15H2,1H3,(H,18,19). The van der Waals surface area contributed by atoms with Crippen LogP contribution in [0.2, 0.25) is 0 Å². The summed E-state index contributed by atoms with van der Waals surface area (Å²) in [6.07, 6.45) is 2.48. The predicted octanol–water partition coefficient (Wildman–Crippen LogP) is 1.54. The van der Waals surface area contributed by atoms with Crippen molar-refractivity contribution >= 4 is 5.91 Å². The molecule has 0 saturated heterocycles. The minimum absolute atomic E-state index is 0.226. The minimum Gasteiger partial charge on any atom is -0.494 e. The van der Waals surface area contributed by atoms with Gasteiger partial charge in [0.25, 0.3) is 5.91 Å². The van der Waals surface area contributed by atoms with Crippen LogP contribution >= 0.6 is 0 Å². The van der Waals surface area contributed by atoms with E-state index in [0.29, 0.717) is 12.4 Å². The summed E-state index contributed by atoms with van der Waals surface area (Å²) in [5, 5.41) is 0. The van der Waals surface area contributed by atoms with Crippen molar-refractivity contribution < 1.29 is 9.53 Å². The summed E-state index contributed by atoms with van der Waals surface area (Å²) < 4.78 is 5.50. The summed E-state index contributed by atoms with van der Waals surface area (Å²) in [4.78, 5) is 19.7. The molecule has 1 aromatic carbocycles. The van der Waals surface area contributed by atoms with Crippen LogP contribution < -0.4 is 16.0 Å². The molecule has 1 aromatic heterocycles. The largest absolute Gasteiger partial charge is 0.494 e. The van der Waals surface area contributed by atoms with Gasteiger partial charge in [-0.25, -0.2) is 15.8 Å². The SMILES string of the molecule is CCCOc1ccc(-c2nccc(C(=O)NN)n2)cc1. The highest BCUT2D eigenvalue weighted by Crippen LogP contribution is 2.19. The molecule has 0 aliphatic heterocycles. The molecule has 1 heterocycles. The summed E-state index contributed by atoms with van der Waals surface area (Å²) in [5.74, 6) is 5.90. The first kappa shape index (κ1) is 14.0. The Balaban J connectivity index is 2.21. The van der Waals surface area contributed by atoms with Gasteiger partial charge >= 0.3 is 0 Å². The third-order valence-corrected chi connectivity index (χ3v) is 2.60. The highest BCUT2D eigenvalue weighted by atomic mass is 16.5. The molecule has 0 aliphatic rings. The number of amides is 1. The molecule has 0 spiro atoms. The van der Waals surface area contributed by atoms with E-state index in [4.69, 9.17) is 10.6 Å². The average molecular weight is 272 g/mol. The average Bonchev–Trinajstić information content (AvgIpc) is 2.52. The quantitative estimate of drug-likeness (QED) is 0.489. The molecule has 0 aliphatic carbocycles. The predicted molar refractivity (Wildman–Crippen MR) is 74.9 cm³/mol. The van der Waals surface area contributed by atoms with E-state index in [2.05, 4.69) is 16.9 Å². The number of nitrogens with one attached hydrogen (secondary N) is 1. The third-order valence-electron chi connectivity index (χ3n) is 2.60. The maximum Gasteiger partial charge on any atom is 0.283 e. The number of nitrogens with two attached hydrogens (primary N) is 1. The van der Waals surface area contributed by atoms with Gasteiger partial charge in [0.15, 0.2) is 5.82 Å². The molecule has 0 bridgehead atoms. The molecule has 104 valence electrons. The molecule has 0 unspecified atom stereocenters. The number of benzene rings is 1. The zero-order valence-electron chi connectivity index (χ0n) is 11.2. The van der Waals surface area contributed by atoms with Gasteiger partial charge in [0.05, 0.1) is 6.61 Å². The zero-order chi connectivity index (χ0) is 14.4. The van der Waals surface area contributed by atoms with Gasteiger partial charge in [-0.2, -0.15) is 0 Å². The summed E-state index contributed by atoms with van der Waals surface area (Å²) in [6, 6.07) is 8.91. The van der Waals surface area contributed by atoms with Crippen molar-refractivity contribution in [2.45, 2.75) is 13.3 Å². The lowest BCUT2D eigenvalue weighted by Gasteiger charge is -2.06. The van der Waals surface area contributed by atoms with E-state index < -0.39 is 5.91 Å². The number of carbonyl (C=O) groups excluding carboxylic acids is 1. The van der Waals surface area contributed by atoms with Gasteiger partial charge < -0.3 is 4.74 Å². The van der Waals surface area contributed by atoms with Crippen LogP contribution in [0, 0.1) is 0 Å². The molecule has 0 atom stereocenters. The number of rotatable bonds is 5. The second-order valence-electron chi connectivity index (χ2n) is 4.11. The van der Waals surface area contributed by atoms with Crippen molar-refractivity contribution in [1.29, 1.82) is 0 Å². The van der Waals surface area contributed by atoms with Crippen LogP contribution in [-0.4, -0.2) is 22.5 Å². The second-order valence-corrected chi connectivity index (χ2v) is 4.11. The van der Waals surface area contributed by atoms with E-state index in [1.165, 1.54) is 12.3 Å². The first-order valence-corrected chi connectivity index (χ1v) is 6.32. The van der Waals surface area contributed by atoms with Crippen molar-refractivity contribution in [3.05, 3.63) is 42.2 Å². The number of nitrogen functional groups attached to an aromatic ring is 1. The van der Waals surface area contributed by atoms with Gasteiger partial charge in [-0.1, -0.05) is 6.92 Å². The number of ether oxygens (including phenoxy) is 1. The van der Waals surface area contributed by atoms with Gasteiger partial charge in [-0.05, 0) is 36.8 Å². The molecule has 6 nitrogen and oxygen atoms in total. The van der Waals surface area contributed by atoms with E-state index in [1.54, 1.807) is 0 Å². The lowest BCUT2D eigenvalue weighted by molar-refractivity contribution is 0.0948. The molecular formula is C14H16N4O2. The Morgan fingerprint density at radius 2 is 2.05 bits per heavy atom. The number of aromatic nitrogens is 2. The summed E-state index contributed by atoms with van der Waals surface area (Å²) in [7, 11) is 0. The Morgan fingerprint density at radius 1 is 1.30 bits per heavy atom. The van der Waals surface area contributed by atoms with Crippen molar-refractivity contribution in [2.24, 2.45) is 5.84 Å². The van der Waals surface area contributed by atoms with Gasteiger partial charge in [-0.15, -0.1) is 0 Å². The molecule has 6 heteroatoms. The fourth-order valence-corrected chi connectivity index (χ4v) is 1.62.